The highest BCUT2D eigenvalue weighted by Gasteiger charge is 2.21. The lowest BCUT2D eigenvalue weighted by atomic mass is 10.1. The van der Waals surface area contributed by atoms with Crippen molar-refractivity contribution in [2.75, 3.05) is 23.7 Å². The van der Waals surface area contributed by atoms with Crippen LogP contribution in [0, 0.1) is 19.8 Å². The molecule has 0 saturated heterocycles. The number of benzene rings is 3. The third-order valence-corrected chi connectivity index (χ3v) is 6.40. The molecular formula is C30H32BrN5O2. The molecule has 38 heavy (non-hydrogen) atoms. The van der Waals surface area contributed by atoms with E-state index in [1.54, 1.807) is 4.68 Å². The lowest BCUT2D eigenvalue weighted by molar-refractivity contribution is -0.116. The number of urea groups is 1. The third-order valence-electron chi connectivity index (χ3n) is 5.91. The number of hydrogen-bond acceptors (Lipinski definition) is 3. The van der Waals surface area contributed by atoms with E-state index in [1.165, 1.54) is 4.90 Å². The summed E-state index contributed by atoms with van der Waals surface area (Å²) in [5.74, 6) is 0.416. The number of nitrogens with one attached hydrogen (secondary N) is 2. The van der Waals surface area contributed by atoms with Crippen molar-refractivity contribution < 1.29 is 9.59 Å². The summed E-state index contributed by atoms with van der Waals surface area (Å²) >= 11 is 3.42. The van der Waals surface area contributed by atoms with Gasteiger partial charge in [0.15, 0.2) is 0 Å². The maximum Gasteiger partial charge on any atom is 0.322 e. The summed E-state index contributed by atoms with van der Waals surface area (Å²) in [7, 11) is 0. The van der Waals surface area contributed by atoms with Gasteiger partial charge in [0.2, 0.25) is 5.91 Å². The summed E-state index contributed by atoms with van der Waals surface area (Å²) in [5, 5.41) is 10.7. The van der Waals surface area contributed by atoms with Crippen LogP contribution in [-0.2, 0) is 4.79 Å². The fourth-order valence-electron chi connectivity index (χ4n) is 4.23. The largest absolute Gasteiger partial charge is 0.322 e. The van der Waals surface area contributed by atoms with E-state index in [9.17, 15) is 9.59 Å². The van der Waals surface area contributed by atoms with Crippen LogP contribution in [0.3, 0.4) is 0 Å². The van der Waals surface area contributed by atoms with E-state index in [1.807, 2.05) is 100 Å². The average molecular weight is 575 g/mol. The molecule has 0 bridgehead atoms. The monoisotopic (exact) mass is 573 g/mol. The van der Waals surface area contributed by atoms with Crippen molar-refractivity contribution in [3.8, 4) is 16.9 Å². The fraction of sp³-hybridized carbons (Fsp3) is 0.233. The summed E-state index contributed by atoms with van der Waals surface area (Å²) in [6.07, 6.45) is 0. The Kier molecular flexibility index (Phi) is 8.63. The van der Waals surface area contributed by atoms with Gasteiger partial charge in [0, 0.05) is 28.3 Å². The lowest BCUT2D eigenvalue weighted by Crippen LogP contribution is -2.42. The maximum atomic E-state index is 13.3. The van der Waals surface area contributed by atoms with E-state index in [0.29, 0.717) is 18.1 Å². The van der Waals surface area contributed by atoms with E-state index in [-0.39, 0.29) is 24.4 Å². The van der Waals surface area contributed by atoms with Crippen LogP contribution < -0.4 is 10.6 Å². The number of amides is 3. The molecular weight excluding hydrogens is 542 g/mol. The van der Waals surface area contributed by atoms with Crippen molar-refractivity contribution in [3.05, 3.63) is 94.5 Å². The van der Waals surface area contributed by atoms with E-state index < -0.39 is 0 Å². The molecule has 0 radical (unpaired) electrons. The van der Waals surface area contributed by atoms with Gasteiger partial charge in [0.1, 0.15) is 12.4 Å². The molecule has 3 aromatic carbocycles. The number of aromatic nitrogens is 2. The molecule has 7 nitrogen and oxygen atoms in total. The lowest BCUT2D eigenvalue weighted by Gasteiger charge is -2.24. The molecule has 0 aliphatic carbocycles. The van der Waals surface area contributed by atoms with Crippen LogP contribution in [0.1, 0.15) is 25.0 Å². The Morgan fingerprint density at radius 2 is 1.71 bits per heavy atom. The fourth-order valence-corrected chi connectivity index (χ4v) is 4.63. The number of rotatable bonds is 8. The second-order valence-electron chi connectivity index (χ2n) is 9.75. The number of anilines is 2. The summed E-state index contributed by atoms with van der Waals surface area (Å²) in [5.41, 5.74) is 5.40. The Morgan fingerprint density at radius 3 is 2.39 bits per heavy atom. The van der Waals surface area contributed by atoms with Gasteiger partial charge in [-0.15, -0.1) is 0 Å². The second kappa shape index (κ2) is 12.1. The Labute approximate surface area is 232 Å². The van der Waals surface area contributed by atoms with Gasteiger partial charge in [-0.05, 0) is 49.6 Å². The van der Waals surface area contributed by atoms with Gasteiger partial charge >= 0.3 is 6.03 Å². The Hall–Kier alpha value is -3.91. The summed E-state index contributed by atoms with van der Waals surface area (Å²) in [6, 6.07) is 24.8. The molecule has 1 heterocycles. The summed E-state index contributed by atoms with van der Waals surface area (Å²) < 4.78 is 2.61. The van der Waals surface area contributed by atoms with Gasteiger partial charge < -0.3 is 15.5 Å². The molecule has 4 rings (SSSR count). The van der Waals surface area contributed by atoms with Gasteiger partial charge in [0.25, 0.3) is 0 Å². The Morgan fingerprint density at radius 1 is 0.947 bits per heavy atom. The minimum Gasteiger partial charge on any atom is -0.315 e. The third kappa shape index (κ3) is 6.89. The summed E-state index contributed by atoms with van der Waals surface area (Å²) in [6.45, 7) is 8.42. The van der Waals surface area contributed by atoms with Crippen molar-refractivity contribution >= 4 is 39.4 Å². The molecule has 2 N–H and O–H groups in total. The Balaban J connectivity index is 1.59. The zero-order valence-corrected chi connectivity index (χ0v) is 23.6. The van der Waals surface area contributed by atoms with Crippen LogP contribution in [0.15, 0.2) is 83.3 Å². The maximum absolute atomic E-state index is 13.3. The van der Waals surface area contributed by atoms with Gasteiger partial charge in [-0.1, -0.05) is 83.9 Å². The molecule has 0 fully saturated rings. The molecule has 8 heteroatoms. The van der Waals surface area contributed by atoms with Crippen molar-refractivity contribution in [2.45, 2.75) is 27.7 Å². The smallest absolute Gasteiger partial charge is 0.315 e. The average Bonchev–Trinajstić information content (AvgIpc) is 3.27. The van der Waals surface area contributed by atoms with Crippen molar-refractivity contribution in [3.63, 3.8) is 0 Å². The number of hydrogen-bond donors (Lipinski definition) is 2. The minimum absolute atomic E-state index is 0.100. The summed E-state index contributed by atoms with van der Waals surface area (Å²) in [4.78, 5) is 27.9. The van der Waals surface area contributed by atoms with Crippen LogP contribution in [0.25, 0.3) is 16.9 Å². The van der Waals surface area contributed by atoms with E-state index in [2.05, 4.69) is 32.6 Å². The molecule has 0 aliphatic heterocycles. The number of carbonyl (C=O) groups excluding carboxylic acids is 2. The van der Waals surface area contributed by atoms with E-state index in [4.69, 9.17) is 5.10 Å². The molecule has 0 atom stereocenters. The van der Waals surface area contributed by atoms with Gasteiger partial charge in [0.05, 0.1) is 11.4 Å². The highest BCUT2D eigenvalue weighted by Crippen LogP contribution is 2.27. The first-order chi connectivity index (χ1) is 18.2. The predicted molar refractivity (Wildman–Crippen MR) is 157 cm³/mol. The molecule has 3 amide bonds. The van der Waals surface area contributed by atoms with Gasteiger partial charge in [-0.2, -0.15) is 5.10 Å². The quantitative estimate of drug-likeness (QED) is 0.237. The van der Waals surface area contributed by atoms with Gasteiger partial charge in [-0.3, -0.25) is 4.79 Å². The molecule has 196 valence electrons. The highest BCUT2D eigenvalue weighted by atomic mass is 79.9. The zero-order valence-electron chi connectivity index (χ0n) is 22.0. The van der Waals surface area contributed by atoms with Crippen LogP contribution in [0.5, 0.6) is 0 Å². The second-order valence-corrected chi connectivity index (χ2v) is 10.7. The molecule has 0 saturated carbocycles. The van der Waals surface area contributed by atoms with Crippen molar-refractivity contribution in [1.29, 1.82) is 0 Å². The topological polar surface area (TPSA) is 79.3 Å². The minimum atomic E-state index is -0.334. The highest BCUT2D eigenvalue weighted by molar-refractivity contribution is 9.10. The van der Waals surface area contributed by atoms with E-state index >= 15 is 0 Å². The number of nitrogens with zero attached hydrogens (tertiary/aromatic N) is 3. The zero-order chi connectivity index (χ0) is 27.2. The first-order valence-corrected chi connectivity index (χ1v) is 13.3. The van der Waals surface area contributed by atoms with Crippen molar-refractivity contribution in [2.24, 2.45) is 5.92 Å². The van der Waals surface area contributed by atoms with Crippen LogP contribution in [0.4, 0.5) is 16.3 Å². The molecule has 0 unspecified atom stereocenters. The normalized spacial score (nSPS) is 10.9. The number of carbonyl (C=O) groups is 2. The van der Waals surface area contributed by atoms with Crippen molar-refractivity contribution in [1.82, 2.24) is 14.7 Å². The standard InChI is InChI=1S/C30H32BrN5O2/c1-20(2)18-35(30(38)32-25-12-8-11-24(31)16-25)19-29(37)33-28-17-26(23-9-6-5-7-10-23)34-36(28)27-14-13-21(3)15-22(27)4/h5-17,20H,18-19H2,1-4H3,(H,32,38)(H,33,37). The molecule has 0 aliphatic rings. The Bertz CT molecular complexity index is 1430. The molecule has 0 spiro atoms. The first kappa shape index (κ1) is 27.1. The van der Waals surface area contributed by atoms with E-state index in [0.717, 1.165) is 32.5 Å². The molecule has 1 aromatic heterocycles. The number of halogens is 1. The predicted octanol–water partition coefficient (Wildman–Crippen LogP) is 7.05. The van der Waals surface area contributed by atoms with Crippen LogP contribution in [-0.4, -0.2) is 39.7 Å². The van der Waals surface area contributed by atoms with Gasteiger partial charge in [-0.25, -0.2) is 9.48 Å². The molecule has 4 aromatic rings. The van der Waals surface area contributed by atoms with Crippen LogP contribution >= 0.6 is 15.9 Å². The number of aryl methyl sites for hydroxylation is 2. The SMILES string of the molecule is Cc1ccc(-n2nc(-c3ccccc3)cc2NC(=O)CN(CC(C)C)C(=O)Nc2cccc(Br)c2)c(C)c1. The first-order valence-electron chi connectivity index (χ1n) is 12.5. The van der Waals surface area contributed by atoms with Crippen LogP contribution in [0.2, 0.25) is 0 Å².